The standard InChI is InChI=1S/C14H12ClFN2O2/c15-7-13(19)18-6-5-12-11(8-18)14(20-17-12)9-1-3-10(16)4-2-9/h1-4H,5-8H2. The number of alkyl halides is 1. The Balaban J connectivity index is 1.94. The molecule has 1 aliphatic rings. The zero-order valence-corrected chi connectivity index (χ0v) is 11.4. The van der Waals surface area contributed by atoms with Gasteiger partial charge in [0.15, 0.2) is 5.76 Å². The smallest absolute Gasteiger partial charge is 0.237 e. The molecule has 0 N–H and O–H groups in total. The van der Waals surface area contributed by atoms with Crippen molar-refractivity contribution in [3.05, 3.63) is 41.3 Å². The van der Waals surface area contributed by atoms with Crippen LogP contribution in [0.15, 0.2) is 28.8 Å². The van der Waals surface area contributed by atoms with E-state index in [1.807, 2.05) is 0 Å². The lowest BCUT2D eigenvalue weighted by Crippen LogP contribution is -2.36. The lowest BCUT2D eigenvalue weighted by Gasteiger charge is -2.25. The summed E-state index contributed by atoms with van der Waals surface area (Å²) in [6.45, 7) is 1.02. The van der Waals surface area contributed by atoms with E-state index in [9.17, 15) is 9.18 Å². The minimum atomic E-state index is -0.305. The van der Waals surface area contributed by atoms with E-state index in [2.05, 4.69) is 5.16 Å². The van der Waals surface area contributed by atoms with Crippen molar-refractivity contribution in [3.63, 3.8) is 0 Å². The van der Waals surface area contributed by atoms with Crippen LogP contribution < -0.4 is 0 Å². The fraction of sp³-hybridized carbons (Fsp3) is 0.286. The van der Waals surface area contributed by atoms with Gasteiger partial charge in [0, 0.05) is 24.1 Å². The number of halogens is 2. The summed E-state index contributed by atoms with van der Waals surface area (Å²) in [7, 11) is 0. The molecule has 1 amide bonds. The summed E-state index contributed by atoms with van der Waals surface area (Å²) in [5, 5.41) is 4.04. The van der Waals surface area contributed by atoms with Gasteiger partial charge in [0.2, 0.25) is 5.91 Å². The summed E-state index contributed by atoms with van der Waals surface area (Å²) >= 11 is 5.59. The second kappa shape index (κ2) is 5.25. The Morgan fingerprint density at radius 3 is 2.85 bits per heavy atom. The highest BCUT2D eigenvalue weighted by molar-refractivity contribution is 6.27. The first-order valence-electron chi connectivity index (χ1n) is 6.26. The zero-order chi connectivity index (χ0) is 14.1. The lowest BCUT2D eigenvalue weighted by atomic mass is 10.0. The van der Waals surface area contributed by atoms with Crippen LogP contribution in [-0.4, -0.2) is 28.4 Å². The topological polar surface area (TPSA) is 46.3 Å². The van der Waals surface area contributed by atoms with Crippen molar-refractivity contribution < 1.29 is 13.7 Å². The van der Waals surface area contributed by atoms with Gasteiger partial charge >= 0.3 is 0 Å². The number of aromatic nitrogens is 1. The van der Waals surface area contributed by atoms with Crippen LogP contribution in [0, 0.1) is 5.82 Å². The maximum absolute atomic E-state index is 13.0. The number of amides is 1. The fourth-order valence-electron chi connectivity index (χ4n) is 2.34. The van der Waals surface area contributed by atoms with Crippen LogP contribution in [0.4, 0.5) is 4.39 Å². The van der Waals surface area contributed by atoms with E-state index in [4.69, 9.17) is 16.1 Å². The number of benzene rings is 1. The third-order valence-corrected chi connectivity index (χ3v) is 3.64. The number of fused-ring (bicyclic) bond motifs is 1. The number of carbonyl (C=O) groups is 1. The molecule has 1 aromatic heterocycles. The monoisotopic (exact) mass is 294 g/mol. The van der Waals surface area contributed by atoms with E-state index >= 15 is 0 Å². The van der Waals surface area contributed by atoms with Crippen LogP contribution in [0.1, 0.15) is 11.3 Å². The molecule has 6 heteroatoms. The number of carbonyl (C=O) groups excluding carboxylic acids is 1. The number of nitrogens with zero attached hydrogens (tertiary/aromatic N) is 2. The average Bonchev–Trinajstić information content (AvgIpc) is 2.90. The lowest BCUT2D eigenvalue weighted by molar-refractivity contribution is -0.129. The van der Waals surface area contributed by atoms with E-state index < -0.39 is 0 Å². The summed E-state index contributed by atoms with van der Waals surface area (Å²) in [5.74, 6) is 0.142. The Labute approximate surface area is 120 Å². The summed E-state index contributed by atoms with van der Waals surface area (Å²) in [5.41, 5.74) is 2.48. The molecule has 0 radical (unpaired) electrons. The fourth-order valence-corrected chi connectivity index (χ4v) is 2.51. The van der Waals surface area contributed by atoms with Crippen molar-refractivity contribution in [1.82, 2.24) is 10.1 Å². The van der Waals surface area contributed by atoms with Gasteiger partial charge in [0.1, 0.15) is 11.7 Å². The molecule has 3 rings (SSSR count). The molecule has 0 unspecified atom stereocenters. The molecule has 0 bridgehead atoms. The Morgan fingerprint density at radius 1 is 1.40 bits per heavy atom. The summed E-state index contributed by atoms with van der Waals surface area (Å²) < 4.78 is 18.3. The quantitative estimate of drug-likeness (QED) is 0.800. The molecular formula is C14H12ClFN2O2. The molecule has 2 heterocycles. The van der Waals surface area contributed by atoms with Gasteiger partial charge in [-0.3, -0.25) is 4.79 Å². The van der Waals surface area contributed by atoms with Crippen LogP contribution in [0.2, 0.25) is 0 Å². The highest BCUT2D eigenvalue weighted by Gasteiger charge is 2.26. The first kappa shape index (κ1) is 13.1. The molecule has 1 aromatic carbocycles. The van der Waals surface area contributed by atoms with Gasteiger partial charge in [-0.05, 0) is 24.3 Å². The summed E-state index contributed by atoms with van der Waals surface area (Å²) in [4.78, 5) is 13.4. The van der Waals surface area contributed by atoms with Gasteiger partial charge in [0.25, 0.3) is 0 Å². The van der Waals surface area contributed by atoms with Gasteiger partial charge in [0.05, 0.1) is 12.2 Å². The van der Waals surface area contributed by atoms with Crippen LogP contribution in [0.25, 0.3) is 11.3 Å². The number of hydrogen-bond donors (Lipinski definition) is 0. The van der Waals surface area contributed by atoms with Gasteiger partial charge < -0.3 is 9.42 Å². The molecule has 0 saturated heterocycles. The predicted octanol–water partition coefficient (Wildman–Crippen LogP) is 2.60. The molecule has 0 spiro atoms. The molecule has 4 nitrogen and oxygen atoms in total. The van der Waals surface area contributed by atoms with Gasteiger partial charge in [-0.2, -0.15) is 0 Å². The average molecular weight is 295 g/mol. The van der Waals surface area contributed by atoms with Crippen LogP contribution in [-0.2, 0) is 17.8 Å². The second-order valence-corrected chi connectivity index (χ2v) is 4.91. The molecular weight excluding hydrogens is 283 g/mol. The Morgan fingerprint density at radius 2 is 2.15 bits per heavy atom. The third-order valence-electron chi connectivity index (χ3n) is 3.41. The third kappa shape index (κ3) is 2.29. The van der Waals surface area contributed by atoms with Crippen molar-refractivity contribution in [2.45, 2.75) is 13.0 Å². The molecule has 0 atom stereocenters. The van der Waals surface area contributed by atoms with Crippen molar-refractivity contribution in [2.75, 3.05) is 12.4 Å². The number of rotatable bonds is 2. The maximum atomic E-state index is 13.0. The molecule has 0 aliphatic carbocycles. The summed E-state index contributed by atoms with van der Waals surface area (Å²) in [6, 6.07) is 6.01. The maximum Gasteiger partial charge on any atom is 0.237 e. The van der Waals surface area contributed by atoms with Crippen LogP contribution in [0.5, 0.6) is 0 Å². The van der Waals surface area contributed by atoms with Crippen molar-refractivity contribution in [1.29, 1.82) is 0 Å². The van der Waals surface area contributed by atoms with E-state index in [1.54, 1.807) is 17.0 Å². The zero-order valence-electron chi connectivity index (χ0n) is 10.6. The summed E-state index contributed by atoms with van der Waals surface area (Å²) in [6.07, 6.45) is 0.642. The molecule has 1 aliphatic heterocycles. The van der Waals surface area contributed by atoms with Gasteiger partial charge in [-0.15, -0.1) is 11.6 Å². The van der Waals surface area contributed by atoms with Crippen LogP contribution in [0.3, 0.4) is 0 Å². The molecule has 0 saturated carbocycles. The second-order valence-electron chi connectivity index (χ2n) is 4.64. The van der Waals surface area contributed by atoms with Gasteiger partial charge in [-0.1, -0.05) is 5.16 Å². The van der Waals surface area contributed by atoms with E-state index in [0.29, 0.717) is 25.3 Å². The van der Waals surface area contributed by atoms with Gasteiger partial charge in [-0.25, -0.2) is 4.39 Å². The van der Waals surface area contributed by atoms with Crippen molar-refractivity contribution in [3.8, 4) is 11.3 Å². The minimum absolute atomic E-state index is 0.0352. The first-order valence-corrected chi connectivity index (χ1v) is 6.79. The molecule has 104 valence electrons. The van der Waals surface area contributed by atoms with E-state index in [-0.39, 0.29) is 17.6 Å². The Bertz CT molecular complexity index is 639. The number of hydrogen-bond acceptors (Lipinski definition) is 3. The highest BCUT2D eigenvalue weighted by atomic mass is 35.5. The van der Waals surface area contributed by atoms with Crippen molar-refractivity contribution in [2.24, 2.45) is 0 Å². The van der Waals surface area contributed by atoms with E-state index in [1.165, 1.54) is 12.1 Å². The van der Waals surface area contributed by atoms with E-state index in [0.717, 1.165) is 16.8 Å². The molecule has 20 heavy (non-hydrogen) atoms. The molecule has 2 aromatic rings. The predicted molar refractivity (Wildman–Crippen MR) is 71.7 cm³/mol. The first-order chi connectivity index (χ1) is 9.69. The normalized spacial score (nSPS) is 14.2. The Hall–Kier alpha value is -1.88. The van der Waals surface area contributed by atoms with Crippen LogP contribution >= 0.6 is 11.6 Å². The van der Waals surface area contributed by atoms with Crippen molar-refractivity contribution >= 4 is 17.5 Å². The minimum Gasteiger partial charge on any atom is -0.356 e. The highest BCUT2D eigenvalue weighted by Crippen LogP contribution is 2.30. The Kier molecular flexibility index (Phi) is 3.44. The largest absolute Gasteiger partial charge is 0.356 e. The molecule has 0 fully saturated rings. The SMILES string of the molecule is O=C(CCl)N1CCc2noc(-c3ccc(F)cc3)c2C1.